The van der Waals surface area contributed by atoms with E-state index in [9.17, 15) is 4.79 Å². The third-order valence-electron chi connectivity index (χ3n) is 2.75. The van der Waals surface area contributed by atoms with Crippen molar-refractivity contribution in [1.82, 2.24) is 9.78 Å². The van der Waals surface area contributed by atoms with Crippen molar-refractivity contribution in [3.8, 4) is 5.75 Å². The first kappa shape index (κ1) is 16.7. The lowest BCUT2D eigenvalue weighted by Crippen LogP contribution is -2.24. The zero-order valence-electron chi connectivity index (χ0n) is 12.4. The van der Waals surface area contributed by atoms with Crippen LogP contribution in [0.15, 0.2) is 17.1 Å². The highest BCUT2D eigenvalue weighted by atomic mass is 16.5. The van der Waals surface area contributed by atoms with Crippen LogP contribution in [0.5, 0.6) is 5.75 Å². The summed E-state index contributed by atoms with van der Waals surface area (Å²) < 4.78 is 12.2. The van der Waals surface area contributed by atoms with Gasteiger partial charge in [0.15, 0.2) is 0 Å². The molecule has 6 heteroatoms. The highest BCUT2D eigenvalue weighted by Crippen LogP contribution is 2.03. The van der Waals surface area contributed by atoms with Crippen LogP contribution in [0.4, 0.5) is 0 Å². The molecule has 0 spiro atoms. The van der Waals surface area contributed by atoms with E-state index in [0.29, 0.717) is 44.6 Å². The summed E-state index contributed by atoms with van der Waals surface area (Å²) in [6.07, 6.45) is 3.33. The van der Waals surface area contributed by atoms with Gasteiger partial charge in [0.25, 0.3) is 5.56 Å². The van der Waals surface area contributed by atoms with Crippen LogP contribution >= 0.6 is 0 Å². The topological polar surface area (TPSA) is 79.4 Å². The van der Waals surface area contributed by atoms with Crippen LogP contribution in [0.1, 0.15) is 26.7 Å². The predicted molar refractivity (Wildman–Crippen MR) is 77.9 cm³/mol. The fourth-order valence-corrected chi connectivity index (χ4v) is 1.51. The van der Waals surface area contributed by atoms with Crippen LogP contribution in [-0.4, -0.2) is 36.1 Å². The minimum absolute atomic E-state index is 0.178. The highest BCUT2D eigenvalue weighted by molar-refractivity contribution is 5.13. The van der Waals surface area contributed by atoms with E-state index in [-0.39, 0.29) is 5.56 Å². The molecule has 0 unspecified atom stereocenters. The molecule has 1 heterocycles. The van der Waals surface area contributed by atoms with E-state index in [0.717, 1.165) is 12.8 Å². The molecule has 0 aliphatic rings. The maximum Gasteiger partial charge on any atom is 0.270 e. The van der Waals surface area contributed by atoms with E-state index in [2.05, 4.69) is 18.9 Å². The van der Waals surface area contributed by atoms with E-state index in [1.807, 2.05) is 0 Å². The molecular weight excluding hydrogens is 258 g/mol. The van der Waals surface area contributed by atoms with Gasteiger partial charge >= 0.3 is 0 Å². The van der Waals surface area contributed by atoms with Gasteiger partial charge in [0.05, 0.1) is 26.0 Å². The van der Waals surface area contributed by atoms with Crippen molar-refractivity contribution in [2.24, 2.45) is 11.7 Å². The summed E-state index contributed by atoms with van der Waals surface area (Å²) in [5, 5.41) is 4.06. The molecule has 1 aromatic rings. The number of hydrogen-bond donors (Lipinski definition) is 1. The molecule has 0 saturated carbocycles. The van der Waals surface area contributed by atoms with E-state index >= 15 is 0 Å². The van der Waals surface area contributed by atoms with Crippen molar-refractivity contribution in [3.05, 3.63) is 22.6 Å². The summed E-state index contributed by atoms with van der Waals surface area (Å²) >= 11 is 0. The molecule has 0 radical (unpaired) electrons. The fraction of sp³-hybridized carbons (Fsp3) is 0.714. The summed E-state index contributed by atoms with van der Waals surface area (Å²) in [6, 6.07) is 1.44. The lowest BCUT2D eigenvalue weighted by atomic mass is 10.1. The summed E-state index contributed by atoms with van der Waals surface area (Å²) in [6.45, 7) is 7.04. The Kier molecular flexibility index (Phi) is 7.91. The minimum atomic E-state index is -0.178. The van der Waals surface area contributed by atoms with E-state index < -0.39 is 0 Å². The summed E-state index contributed by atoms with van der Waals surface area (Å²) in [5.74, 6) is 1.11. The smallest absolute Gasteiger partial charge is 0.270 e. The quantitative estimate of drug-likeness (QED) is 0.649. The molecule has 1 aromatic heterocycles. The molecule has 0 aliphatic carbocycles. The van der Waals surface area contributed by atoms with Gasteiger partial charge in [-0.3, -0.25) is 4.79 Å². The summed E-state index contributed by atoms with van der Waals surface area (Å²) in [5.41, 5.74) is 5.19. The normalized spacial score (nSPS) is 11.0. The Morgan fingerprint density at radius 1 is 1.35 bits per heavy atom. The van der Waals surface area contributed by atoms with Crippen LogP contribution in [-0.2, 0) is 11.3 Å². The van der Waals surface area contributed by atoms with Gasteiger partial charge in [-0.2, -0.15) is 5.10 Å². The molecular formula is C14H25N3O3. The SMILES string of the molecule is CC(C)CCOCCn1ncc(OCCCN)cc1=O. The molecule has 2 N–H and O–H groups in total. The maximum atomic E-state index is 11.8. The van der Waals surface area contributed by atoms with E-state index in [1.54, 1.807) is 6.20 Å². The van der Waals surface area contributed by atoms with Gasteiger partial charge in [0, 0.05) is 12.7 Å². The Bertz CT molecular complexity index is 432. The van der Waals surface area contributed by atoms with Crippen molar-refractivity contribution in [3.63, 3.8) is 0 Å². The molecule has 6 nitrogen and oxygen atoms in total. The molecule has 0 saturated heterocycles. The molecule has 1 rings (SSSR count). The number of nitrogens with zero attached hydrogens (tertiary/aromatic N) is 2. The van der Waals surface area contributed by atoms with Gasteiger partial charge < -0.3 is 15.2 Å². The van der Waals surface area contributed by atoms with Crippen molar-refractivity contribution in [2.45, 2.75) is 33.2 Å². The average molecular weight is 283 g/mol. The molecule has 0 bridgehead atoms. The average Bonchev–Trinajstić information content (AvgIpc) is 2.40. The Hall–Kier alpha value is -1.40. The first-order chi connectivity index (χ1) is 9.63. The van der Waals surface area contributed by atoms with Crippen LogP contribution in [0.25, 0.3) is 0 Å². The molecule has 0 aliphatic heterocycles. The standard InChI is InChI=1S/C14H25N3O3/c1-12(2)4-8-19-9-6-17-14(18)10-13(11-16-17)20-7-3-5-15/h10-12H,3-9,15H2,1-2H3. The number of aromatic nitrogens is 2. The predicted octanol–water partition coefficient (Wildman–Crippen LogP) is 1.03. The Morgan fingerprint density at radius 2 is 2.15 bits per heavy atom. The number of nitrogens with two attached hydrogens (primary N) is 1. The second kappa shape index (κ2) is 9.50. The van der Waals surface area contributed by atoms with Crippen molar-refractivity contribution < 1.29 is 9.47 Å². The van der Waals surface area contributed by atoms with Crippen LogP contribution in [0.2, 0.25) is 0 Å². The highest BCUT2D eigenvalue weighted by Gasteiger charge is 2.01. The Balaban J connectivity index is 2.34. The zero-order chi connectivity index (χ0) is 14.8. The second-order valence-corrected chi connectivity index (χ2v) is 5.04. The largest absolute Gasteiger partial charge is 0.492 e. The van der Waals surface area contributed by atoms with Gasteiger partial charge in [-0.1, -0.05) is 13.8 Å². The Morgan fingerprint density at radius 3 is 2.80 bits per heavy atom. The van der Waals surface area contributed by atoms with Crippen molar-refractivity contribution >= 4 is 0 Å². The maximum absolute atomic E-state index is 11.8. The lowest BCUT2D eigenvalue weighted by Gasteiger charge is -2.08. The van der Waals surface area contributed by atoms with Gasteiger partial charge in [-0.15, -0.1) is 0 Å². The second-order valence-electron chi connectivity index (χ2n) is 5.04. The van der Waals surface area contributed by atoms with Gasteiger partial charge in [-0.05, 0) is 25.3 Å². The van der Waals surface area contributed by atoms with Crippen LogP contribution in [0.3, 0.4) is 0 Å². The lowest BCUT2D eigenvalue weighted by molar-refractivity contribution is 0.113. The van der Waals surface area contributed by atoms with Crippen molar-refractivity contribution in [1.29, 1.82) is 0 Å². The van der Waals surface area contributed by atoms with Gasteiger partial charge in [0.2, 0.25) is 0 Å². The molecule has 0 fully saturated rings. The van der Waals surface area contributed by atoms with Gasteiger partial charge in [0.1, 0.15) is 5.75 Å². The fourth-order valence-electron chi connectivity index (χ4n) is 1.51. The first-order valence-corrected chi connectivity index (χ1v) is 7.11. The zero-order valence-corrected chi connectivity index (χ0v) is 12.4. The third-order valence-corrected chi connectivity index (χ3v) is 2.75. The molecule has 0 aromatic carbocycles. The molecule has 20 heavy (non-hydrogen) atoms. The number of hydrogen-bond acceptors (Lipinski definition) is 5. The minimum Gasteiger partial charge on any atom is -0.492 e. The monoisotopic (exact) mass is 283 g/mol. The van der Waals surface area contributed by atoms with Crippen LogP contribution < -0.4 is 16.0 Å². The number of ether oxygens (including phenoxy) is 2. The van der Waals surface area contributed by atoms with Gasteiger partial charge in [-0.25, -0.2) is 4.68 Å². The molecule has 114 valence electrons. The first-order valence-electron chi connectivity index (χ1n) is 7.11. The third kappa shape index (κ3) is 6.68. The van der Waals surface area contributed by atoms with E-state index in [1.165, 1.54) is 10.7 Å². The number of rotatable bonds is 10. The van der Waals surface area contributed by atoms with Crippen molar-refractivity contribution in [2.75, 3.05) is 26.4 Å². The summed E-state index contributed by atoms with van der Waals surface area (Å²) in [7, 11) is 0. The molecule has 0 atom stereocenters. The van der Waals surface area contributed by atoms with E-state index in [4.69, 9.17) is 15.2 Å². The van der Waals surface area contributed by atoms with Crippen LogP contribution in [0, 0.1) is 5.92 Å². The summed E-state index contributed by atoms with van der Waals surface area (Å²) in [4.78, 5) is 11.8. The molecule has 0 amide bonds. The Labute approximate surface area is 119 Å².